The highest BCUT2D eigenvalue weighted by molar-refractivity contribution is 4.69. The predicted molar refractivity (Wildman–Crippen MR) is 72.8 cm³/mol. The Hall–Kier alpha value is -0.0400. The molecule has 1 aliphatic rings. The molecular weight excluding hydrogens is 194 g/mol. The molecule has 1 heteroatoms. The van der Waals surface area contributed by atoms with Gasteiger partial charge in [0.1, 0.15) is 0 Å². The average molecular weight is 225 g/mol. The topological polar surface area (TPSA) is 3.24 Å². The van der Waals surface area contributed by atoms with Gasteiger partial charge >= 0.3 is 0 Å². The molecule has 0 aliphatic carbocycles. The van der Waals surface area contributed by atoms with Crippen molar-refractivity contribution >= 4 is 0 Å². The summed E-state index contributed by atoms with van der Waals surface area (Å²) in [6, 6.07) is 0. The molecule has 0 saturated carbocycles. The van der Waals surface area contributed by atoms with E-state index < -0.39 is 0 Å². The number of hydrogen-bond donors (Lipinski definition) is 0. The summed E-state index contributed by atoms with van der Waals surface area (Å²) in [6.07, 6.45) is 12.8. The van der Waals surface area contributed by atoms with Gasteiger partial charge in [-0.3, -0.25) is 0 Å². The fraction of sp³-hybridized carbons (Fsp3) is 1.00. The molecule has 16 heavy (non-hydrogen) atoms. The van der Waals surface area contributed by atoms with Gasteiger partial charge in [-0.05, 0) is 51.2 Å². The first-order valence-corrected chi connectivity index (χ1v) is 7.29. The van der Waals surface area contributed by atoms with E-state index in [4.69, 9.17) is 0 Å². The molecule has 1 rings (SSSR count). The second-order valence-corrected chi connectivity index (χ2v) is 6.44. The minimum absolute atomic E-state index is 0.597. The Kier molecular flexibility index (Phi) is 6.41. The van der Waals surface area contributed by atoms with Crippen molar-refractivity contribution < 1.29 is 0 Å². The Morgan fingerprint density at radius 2 is 1.12 bits per heavy atom. The molecule has 1 saturated heterocycles. The highest BCUT2D eigenvalue weighted by Crippen LogP contribution is 2.30. The molecule has 0 bridgehead atoms. The van der Waals surface area contributed by atoms with Crippen molar-refractivity contribution in [2.24, 2.45) is 5.41 Å². The van der Waals surface area contributed by atoms with E-state index >= 15 is 0 Å². The van der Waals surface area contributed by atoms with Crippen molar-refractivity contribution in [3.8, 4) is 0 Å². The summed E-state index contributed by atoms with van der Waals surface area (Å²) in [5.41, 5.74) is 0.597. The summed E-state index contributed by atoms with van der Waals surface area (Å²) in [7, 11) is 2.28. The predicted octanol–water partition coefficient (Wildman–Crippen LogP) is 4.47. The van der Waals surface area contributed by atoms with Crippen molar-refractivity contribution in [2.45, 2.75) is 71.6 Å². The number of nitrogens with zero attached hydrogens (tertiary/aromatic N) is 1. The molecule has 1 nitrogen and oxygen atoms in total. The van der Waals surface area contributed by atoms with Gasteiger partial charge in [0.05, 0.1) is 0 Å². The maximum atomic E-state index is 2.52. The molecule has 1 fully saturated rings. The van der Waals surface area contributed by atoms with Gasteiger partial charge < -0.3 is 4.90 Å². The summed E-state index contributed by atoms with van der Waals surface area (Å²) < 4.78 is 0. The van der Waals surface area contributed by atoms with Crippen LogP contribution >= 0.6 is 0 Å². The lowest BCUT2D eigenvalue weighted by Gasteiger charge is -2.24. The van der Waals surface area contributed by atoms with Crippen molar-refractivity contribution in [3.63, 3.8) is 0 Å². The van der Waals surface area contributed by atoms with Crippen LogP contribution in [-0.2, 0) is 0 Å². The lowest BCUT2D eigenvalue weighted by molar-refractivity contribution is 0.282. The molecule has 0 amide bonds. The van der Waals surface area contributed by atoms with E-state index in [1.165, 1.54) is 70.9 Å². The Bertz CT molecular complexity index is 174. The maximum Gasteiger partial charge on any atom is -0.00218 e. The first kappa shape index (κ1) is 14.0. The van der Waals surface area contributed by atoms with Crippen LogP contribution in [-0.4, -0.2) is 25.0 Å². The standard InChI is InChI=1S/C15H31N/c1-15(2)11-7-4-5-9-13-16(3)14-10-6-8-12-15/h4-14H2,1-3H3. The summed E-state index contributed by atoms with van der Waals surface area (Å²) in [4.78, 5) is 2.52. The molecule has 0 atom stereocenters. The van der Waals surface area contributed by atoms with Gasteiger partial charge in [0.2, 0.25) is 0 Å². The zero-order valence-electron chi connectivity index (χ0n) is 11.7. The van der Waals surface area contributed by atoms with Crippen LogP contribution in [0.1, 0.15) is 71.6 Å². The Morgan fingerprint density at radius 1 is 0.688 bits per heavy atom. The molecule has 0 aromatic rings. The van der Waals surface area contributed by atoms with Crippen LogP contribution in [0.4, 0.5) is 0 Å². The normalized spacial score (nSPS) is 26.4. The molecule has 1 aliphatic heterocycles. The quantitative estimate of drug-likeness (QED) is 0.588. The first-order chi connectivity index (χ1) is 7.60. The third-order valence-corrected chi connectivity index (χ3v) is 4.04. The van der Waals surface area contributed by atoms with Crippen LogP contribution in [0.15, 0.2) is 0 Å². The second-order valence-electron chi connectivity index (χ2n) is 6.44. The SMILES string of the molecule is CN1CCCCCCC(C)(C)CCCCC1. The van der Waals surface area contributed by atoms with E-state index in [2.05, 4.69) is 25.8 Å². The Labute approximate surface area is 103 Å². The van der Waals surface area contributed by atoms with Crippen LogP contribution in [0.25, 0.3) is 0 Å². The fourth-order valence-electron chi connectivity index (χ4n) is 2.74. The zero-order chi connectivity index (χ0) is 11.9. The molecule has 0 spiro atoms. The smallest absolute Gasteiger partial charge is 0.00218 e. The maximum absolute atomic E-state index is 2.52. The van der Waals surface area contributed by atoms with Crippen LogP contribution in [0, 0.1) is 5.41 Å². The minimum Gasteiger partial charge on any atom is -0.306 e. The monoisotopic (exact) mass is 225 g/mol. The third-order valence-electron chi connectivity index (χ3n) is 4.04. The Balaban J connectivity index is 2.31. The van der Waals surface area contributed by atoms with Gasteiger partial charge in [0.15, 0.2) is 0 Å². The van der Waals surface area contributed by atoms with E-state index in [0.717, 1.165) is 0 Å². The van der Waals surface area contributed by atoms with Crippen molar-refractivity contribution in [2.75, 3.05) is 20.1 Å². The first-order valence-electron chi connectivity index (χ1n) is 7.29. The largest absolute Gasteiger partial charge is 0.306 e. The molecule has 96 valence electrons. The van der Waals surface area contributed by atoms with Crippen LogP contribution in [0.2, 0.25) is 0 Å². The van der Waals surface area contributed by atoms with E-state index in [9.17, 15) is 0 Å². The van der Waals surface area contributed by atoms with Crippen LogP contribution in [0.5, 0.6) is 0 Å². The summed E-state index contributed by atoms with van der Waals surface area (Å²) in [5.74, 6) is 0. The van der Waals surface area contributed by atoms with Crippen molar-refractivity contribution in [1.82, 2.24) is 4.90 Å². The second kappa shape index (κ2) is 7.32. The molecule has 0 aromatic carbocycles. The van der Waals surface area contributed by atoms with E-state index in [1.54, 1.807) is 0 Å². The molecule has 0 radical (unpaired) electrons. The van der Waals surface area contributed by atoms with Crippen molar-refractivity contribution in [1.29, 1.82) is 0 Å². The highest BCUT2D eigenvalue weighted by Gasteiger charge is 2.16. The summed E-state index contributed by atoms with van der Waals surface area (Å²) in [5, 5.41) is 0. The van der Waals surface area contributed by atoms with Gasteiger partial charge in [-0.25, -0.2) is 0 Å². The van der Waals surface area contributed by atoms with E-state index in [0.29, 0.717) is 5.41 Å². The molecular formula is C15H31N. The Morgan fingerprint density at radius 3 is 1.69 bits per heavy atom. The van der Waals surface area contributed by atoms with E-state index in [1.807, 2.05) is 0 Å². The zero-order valence-corrected chi connectivity index (χ0v) is 11.7. The average Bonchev–Trinajstić information content (AvgIpc) is 2.22. The lowest BCUT2D eigenvalue weighted by Crippen LogP contribution is -2.20. The fourth-order valence-corrected chi connectivity index (χ4v) is 2.74. The lowest BCUT2D eigenvalue weighted by atomic mass is 9.82. The van der Waals surface area contributed by atoms with Crippen molar-refractivity contribution in [3.05, 3.63) is 0 Å². The molecule has 1 heterocycles. The van der Waals surface area contributed by atoms with E-state index in [-0.39, 0.29) is 0 Å². The van der Waals surface area contributed by atoms with Gasteiger partial charge in [-0.2, -0.15) is 0 Å². The number of hydrogen-bond acceptors (Lipinski definition) is 1. The minimum atomic E-state index is 0.597. The van der Waals surface area contributed by atoms with Gasteiger partial charge in [0.25, 0.3) is 0 Å². The van der Waals surface area contributed by atoms with Crippen LogP contribution < -0.4 is 0 Å². The third kappa shape index (κ3) is 6.52. The summed E-state index contributed by atoms with van der Waals surface area (Å²) in [6.45, 7) is 7.53. The van der Waals surface area contributed by atoms with Crippen LogP contribution in [0.3, 0.4) is 0 Å². The number of rotatable bonds is 0. The summed E-state index contributed by atoms with van der Waals surface area (Å²) >= 11 is 0. The highest BCUT2D eigenvalue weighted by atomic mass is 15.1. The molecule has 0 unspecified atom stereocenters. The van der Waals surface area contributed by atoms with Gasteiger partial charge in [-0.1, -0.05) is 46.0 Å². The molecule has 0 N–H and O–H groups in total. The molecule has 0 aromatic heterocycles. The van der Waals surface area contributed by atoms with Gasteiger partial charge in [0, 0.05) is 0 Å². The van der Waals surface area contributed by atoms with Gasteiger partial charge in [-0.15, -0.1) is 0 Å².